The van der Waals surface area contributed by atoms with Gasteiger partial charge in [-0.25, -0.2) is 0 Å². The van der Waals surface area contributed by atoms with Crippen molar-refractivity contribution in [3.63, 3.8) is 0 Å². The van der Waals surface area contributed by atoms with Gasteiger partial charge in [-0.1, -0.05) is 19.8 Å². The molecule has 0 saturated carbocycles. The molecule has 17 heavy (non-hydrogen) atoms. The van der Waals surface area contributed by atoms with E-state index < -0.39 is 0 Å². The summed E-state index contributed by atoms with van der Waals surface area (Å²) in [5.74, 6) is 0.0308. The zero-order chi connectivity index (χ0) is 13.3. The van der Waals surface area contributed by atoms with E-state index in [1.807, 2.05) is 13.8 Å². The van der Waals surface area contributed by atoms with Crippen LogP contribution in [-0.2, 0) is 9.59 Å². The van der Waals surface area contributed by atoms with E-state index in [1.54, 1.807) is 9.80 Å². The fourth-order valence-electron chi connectivity index (χ4n) is 1.74. The lowest BCUT2D eigenvalue weighted by Crippen LogP contribution is -2.42. The minimum Gasteiger partial charge on any atom is -0.342 e. The van der Waals surface area contributed by atoms with Crippen molar-refractivity contribution in [1.29, 1.82) is 0 Å². The summed E-state index contributed by atoms with van der Waals surface area (Å²) in [6.07, 6.45) is 3.20. The summed E-state index contributed by atoms with van der Waals surface area (Å²) in [7, 11) is 0. The second-order valence-corrected chi connectivity index (χ2v) is 4.21. The van der Waals surface area contributed by atoms with Gasteiger partial charge >= 0.3 is 0 Å². The molecule has 0 bridgehead atoms. The molecule has 0 unspecified atom stereocenters. The summed E-state index contributed by atoms with van der Waals surface area (Å²) in [5.41, 5.74) is 0. The zero-order valence-electron chi connectivity index (χ0n) is 11.7. The number of carbonyl (C=O) groups excluding carboxylic acids is 2. The lowest BCUT2D eigenvalue weighted by molar-refractivity contribution is -0.139. The summed E-state index contributed by atoms with van der Waals surface area (Å²) >= 11 is 0. The molecule has 0 N–H and O–H groups in total. The first kappa shape index (κ1) is 15.9. The molecule has 0 spiro atoms. The minimum atomic E-state index is -0.0124. The number of nitrogens with zero attached hydrogens (tertiary/aromatic N) is 2. The third-order valence-corrected chi connectivity index (χ3v) is 2.92. The van der Waals surface area contributed by atoms with E-state index in [1.165, 1.54) is 6.92 Å². The number of likely N-dealkylation sites (N-methyl/N-ethyl adjacent to an activating group) is 1. The fraction of sp³-hybridized carbons (Fsp3) is 0.846. The first-order valence-electron chi connectivity index (χ1n) is 6.60. The summed E-state index contributed by atoms with van der Waals surface area (Å²) < 4.78 is 0. The van der Waals surface area contributed by atoms with Crippen LogP contribution in [0.25, 0.3) is 0 Å². The molecule has 2 amide bonds. The van der Waals surface area contributed by atoms with Crippen molar-refractivity contribution < 1.29 is 9.59 Å². The van der Waals surface area contributed by atoms with Gasteiger partial charge in [0.15, 0.2) is 0 Å². The van der Waals surface area contributed by atoms with Crippen molar-refractivity contribution in [2.45, 2.75) is 47.0 Å². The molecule has 4 nitrogen and oxygen atoms in total. The molecule has 0 rings (SSSR count). The van der Waals surface area contributed by atoms with Crippen LogP contribution in [-0.4, -0.2) is 47.8 Å². The lowest BCUT2D eigenvalue weighted by Gasteiger charge is -2.25. The van der Waals surface area contributed by atoms with Crippen LogP contribution in [0.4, 0.5) is 0 Å². The maximum Gasteiger partial charge on any atom is 0.242 e. The molecule has 0 fully saturated rings. The molecule has 0 aliphatic carbocycles. The van der Waals surface area contributed by atoms with Crippen molar-refractivity contribution in [1.82, 2.24) is 9.80 Å². The highest BCUT2D eigenvalue weighted by atomic mass is 16.2. The molecule has 0 aliphatic rings. The highest BCUT2D eigenvalue weighted by Gasteiger charge is 2.16. The van der Waals surface area contributed by atoms with Crippen molar-refractivity contribution in [2.24, 2.45) is 0 Å². The van der Waals surface area contributed by atoms with E-state index in [4.69, 9.17) is 0 Å². The monoisotopic (exact) mass is 242 g/mol. The molecule has 0 aromatic rings. The number of rotatable bonds is 8. The molecular weight excluding hydrogens is 216 g/mol. The average molecular weight is 242 g/mol. The van der Waals surface area contributed by atoms with Gasteiger partial charge in [-0.15, -0.1) is 0 Å². The van der Waals surface area contributed by atoms with Crippen molar-refractivity contribution >= 4 is 11.8 Å². The summed E-state index contributed by atoms with van der Waals surface area (Å²) in [4.78, 5) is 26.7. The average Bonchev–Trinajstić information content (AvgIpc) is 2.29. The Kier molecular flexibility index (Phi) is 8.46. The molecule has 0 aromatic heterocycles. The van der Waals surface area contributed by atoms with Gasteiger partial charge in [0, 0.05) is 26.6 Å². The van der Waals surface area contributed by atoms with Gasteiger partial charge in [0.1, 0.15) is 0 Å². The molecule has 0 heterocycles. The van der Waals surface area contributed by atoms with Gasteiger partial charge in [-0.3, -0.25) is 9.59 Å². The smallest absolute Gasteiger partial charge is 0.242 e. The largest absolute Gasteiger partial charge is 0.342 e. The van der Waals surface area contributed by atoms with E-state index in [9.17, 15) is 9.59 Å². The Balaban J connectivity index is 4.23. The predicted molar refractivity (Wildman–Crippen MR) is 69.7 cm³/mol. The lowest BCUT2D eigenvalue weighted by atomic mass is 10.2. The Morgan fingerprint density at radius 3 is 1.94 bits per heavy atom. The molecule has 0 atom stereocenters. The Labute approximate surface area is 105 Å². The number of unbranched alkanes of at least 4 members (excludes halogenated alkanes) is 2. The normalized spacial score (nSPS) is 10.1. The Hall–Kier alpha value is -1.06. The highest BCUT2D eigenvalue weighted by molar-refractivity contribution is 5.83. The van der Waals surface area contributed by atoms with E-state index in [0.29, 0.717) is 19.6 Å². The van der Waals surface area contributed by atoms with Crippen LogP contribution in [0.3, 0.4) is 0 Å². The maximum absolute atomic E-state index is 11.9. The number of hydrogen-bond donors (Lipinski definition) is 0. The SMILES string of the molecule is CCCCCN(CC(=O)N(CC)CC)C(C)=O. The van der Waals surface area contributed by atoms with Crippen LogP contribution >= 0.6 is 0 Å². The van der Waals surface area contributed by atoms with Gasteiger partial charge in [-0.05, 0) is 20.3 Å². The third kappa shape index (κ3) is 6.29. The van der Waals surface area contributed by atoms with Crippen LogP contribution in [0.1, 0.15) is 47.0 Å². The number of carbonyl (C=O) groups is 2. The predicted octanol–water partition coefficient (Wildman–Crippen LogP) is 1.89. The van der Waals surface area contributed by atoms with Crippen LogP contribution < -0.4 is 0 Å². The zero-order valence-corrected chi connectivity index (χ0v) is 11.7. The topological polar surface area (TPSA) is 40.6 Å². The summed E-state index contributed by atoms with van der Waals surface area (Å²) in [5, 5.41) is 0. The first-order chi connectivity index (χ1) is 8.06. The third-order valence-electron chi connectivity index (χ3n) is 2.92. The first-order valence-corrected chi connectivity index (χ1v) is 6.60. The molecule has 0 aliphatic heterocycles. The molecule has 0 radical (unpaired) electrons. The molecule has 100 valence electrons. The number of hydrogen-bond acceptors (Lipinski definition) is 2. The van der Waals surface area contributed by atoms with Crippen LogP contribution in [0.2, 0.25) is 0 Å². The van der Waals surface area contributed by atoms with E-state index in [0.717, 1.165) is 19.3 Å². The Morgan fingerprint density at radius 2 is 1.53 bits per heavy atom. The van der Waals surface area contributed by atoms with Crippen molar-refractivity contribution in [3.8, 4) is 0 Å². The van der Waals surface area contributed by atoms with Gasteiger partial charge in [0.25, 0.3) is 0 Å². The Morgan fingerprint density at radius 1 is 0.941 bits per heavy atom. The van der Waals surface area contributed by atoms with Gasteiger partial charge < -0.3 is 9.80 Å². The van der Waals surface area contributed by atoms with Gasteiger partial charge in [0.05, 0.1) is 6.54 Å². The maximum atomic E-state index is 11.9. The highest BCUT2D eigenvalue weighted by Crippen LogP contribution is 2.01. The van der Waals surface area contributed by atoms with E-state index in [2.05, 4.69) is 6.92 Å². The Bertz CT molecular complexity index is 238. The minimum absolute atomic E-state index is 0.0124. The summed E-state index contributed by atoms with van der Waals surface area (Å²) in [6, 6.07) is 0. The number of amides is 2. The van der Waals surface area contributed by atoms with Crippen molar-refractivity contribution in [2.75, 3.05) is 26.2 Å². The van der Waals surface area contributed by atoms with Crippen LogP contribution in [0, 0.1) is 0 Å². The van der Waals surface area contributed by atoms with E-state index in [-0.39, 0.29) is 18.4 Å². The molecule has 0 aromatic carbocycles. The van der Waals surface area contributed by atoms with Crippen molar-refractivity contribution in [3.05, 3.63) is 0 Å². The van der Waals surface area contributed by atoms with Gasteiger partial charge in [0.2, 0.25) is 11.8 Å². The van der Waals surface area contributed by atoms with Gasteiger partial charge in [-0.2, -0.15) is 0 Å². The van der Waals surface area contributed by atoms with Crippen LogP contribution in [0.15, 0.2) is 0 Å². The second kappa shape index (κ2) is 9.02. The molecular formula is C13H26N2O2. The molecule has 4 heteroatoms. The summed E-state index contributed by atoms with van der Waals surface area (Å²) in [6.45, 7) is 9.89. The molecule has 0 saturated heterocycles. The quantitative estimate of drug-likeness (QED) is 0.610. The van der Waals surface area contributed by atoms with E-state index >= 15 is 0 Å². The second-order valence-electron chi connectivity index (χ2n) is 4.21. The van der Waals surface area contributed by atoms with Crippen LogP contribution in [0.5, 0.6) is 0 Å². The standard InChI is InChI=1S/C13H26N2O2/c1-5-8-9-10-15(12(4)16)11-13(17)14(6-2)7-3/h5-11H2,1-4H3. The fourth-order valence-corrected chi connectivity index (χ4v) is 1.74.